The predicted molar refractivity (Wildman–Crippen MR) is 161 cm³/mol. The molecule has 10 aromatic rings. The van der Waals surface area contributed by atoms with Crippen LogP contribution in [0.25, 0.3) is 97.0 Å². The summed E-state index contributed by atoms with van der Waals surface area (Å²) in [5.41, 5.74) is 0. The van der Waals surface area contributed by atoms with E-state index in [0.717, 1.165) is 0 Å². The van der Waals surface area contributed by atoms with E-state index in [2.05, 4.69) is 84.4 Å². The number of rotatable bonds is 0. The van der Waals surface area contributed by atoms with Crippen molar-refractivity contribution in [3.05, 3.63) is 69.5 Å². The van der Waals surface area contributed by atoms with Gasteiger partial charge in [-0.25, -0.2) is 0 Å². The van der Waals surface area contributed by atoms with Crippen LogP contribution < -0.4 is 0 Å². The van der Waals surface area contributed by atoms with Crippen LogP contribution in [0.2, 0.25) is 0 Å². The fraction of sp³-hybridized carbons (Fsp3) is 0. The number of nitrogens with one attached hydrogen (secondary N) is 3. The molecule has 0 bridgehead atoms. The molecule has 0 aliphatic carbocycles. The summed E-state index contributed by atoms with van der Waals surface area (Å²) < 4.78 is 0. The lowest BCUT2D eigenvalue weighted by Crippen LogP contribution is -1.89. The summed E-state index contributed by atoms with van der Waals surface area (Å²) in [7, 11) is 0. The molecule has 0 amide bonds. The molecule has 0 aliphatic rings. The van der Waals surface area contributed by atoms with Crippen LogP contribution in [0.15, 0.2) is 69.5 Å². The third-order valence-electron chi connectivity index (χ3n) is 8.21. The minimum Gasteiger partial charge on any atom is -0.366 e. The zero-order valence-electron chi connectivity index (χ0n) is 18.7. The molecule has 10 rings (SSSR count). The standard InChI is InChI=1S/C30H15N3S3/c1-13-16(4-31-1)25-28(22-10-34-7-19(13)22)26-17-5-32-2-14(17)21-9-36-12-24(21)30(26)27-18-6-33-3-15(18)20-8-35-11-23(20)29(25)27/h1-12,31-33H. The van der Waals surface area contributed by atoms with Crippen LogP contribution in [0, 0.1) is 0 Å². The van der Waals surface area contributed by atoms with Gasteiger partial charge in [-0.15, -0.1) is 0 Å². The molecular formula is C30H15N3S3. The zero-order valence-corrected chi connectivity index (χ0v) is 21.1. The van der Waals surface area contributed by atoms with Gasteiger partial charge in [0.05, 0.1) is 0 Å². The van der Waals surface area contributed by atoms with Crippen LogP contribution in [0.5, 0.6) is 0 Å². The van der Waals surface area contributed by atoms with Crippen LogP contribution in [0.4, 0.5) is 0 Å². The van der Waals surface area contributed by atoms with Crippen molar-refractivity contribution in [2.75, 3.05) is 0 Å². The highest BCUT2D eigenvalue weighted by Gasteiger charge is 2.24. The molecule has 6 aromatic heterocycles. The lowest BCUT2D eigenvalue weighted by atomic mass is 9.84. The fourth-order valence-electron chi connectivity index (χ4n) is 6.84. The SMILES string of the molecule is c1[nH]cc2c1c1cscc1c1c2c2c3cscc3c3c[nH]cc3c2c2c3cscc3c3c[nH]cc3c12. The molecule has 3 nitrogen and oxygen atoms in total. The first-order valence-electron chi connectivity index (χ1n) is 11.9. The van der Waals surface area contributed by atoms with E-state index in [0.29, 0.717) is 0 Å². The molecular weight excluding hydrogens is 499 g/mol. The maximum Gasteiger partial charge on any atom is 0.00911 e. The van der Waals surface area contributed by atoms with E-state index in [-0.39, 0.29) is 0 Å². The lowest BCUT2D eigenvalue weighted by molar-refractivity contribution is 1.43. The minimum absolute atomic E-state index is 1.30. The summed E-state index contributed by atoms with van der Waals surface area (Å²) in [6, 6.07) is 0. The lowest BCUT2D eigenvalue weighted by Gasteiger charge is -2.17. The number of hydrogen-bond acceptors (Lipinski definition) is 3. The largest absolute Gasteiger partial charge is 0.366 e. The van der Waals surface area contributed by atoms with E-state index < -0.39 is 0 Å². The summed E-state index contributed by atoms with van der Waals surface area (Å²) >= 11 is 5.40. The molecule has 0 unspecified atom stereocenters. The van der Waals surface area contributed by atoms with Gasteiger partial charge in [-0.1, -0.05) is 0 Å². The zero-order chi connectivity index (χ0) is 23.1. The van der Waals surface area contributed by atoms with Crippen LogP contribution in [-0.4, -0.2) is 15.0 Å². The molecule has 168 valence electrons. The highest BCUT2D eigenvalue weighted by atomic mass is 32.1. The number of benzene rings is 4. The molecule has 4 aromatic carbocycles. The monoisotopic (exact) mass is 513 g/mol. The van der Waals surface area contributed by atoms with Crippen LogP contribution >= 0.6 is 34.0 Å². The second kappa shape index (κ2) is 6.10. The van der Waals surface area contributed by atoms with Gasteiger partial charge in [0.25, 0.3) is 0 Å². The molecule has 0 fully saturated rings. The van der Waals surface area contributed by atoms with Gasteiger partial charge in [-0.3, -0.25) is 0 Å². The molecule has 0 atom stereocenters. The van der Waals surface area contributed by atoms with E-state index in [1.165, 1.54) is 97.0 Å². The van der Waals surface area contributed by atoms with Crippen molar-refractivity contribution in [2.45, 2.75) is 0 Å². The summed E-state index contributed by atoms with van der Waals surface area (Å²) in [6.07, 6.45) is 13.1. The van der Waals surface area contributed by atoms with Crippen molar-refractivity contribution in [3.63, 3.8) is 0 Å². The van der Waals surface area contributed by atoms with Crippen molar-refractivity contribution in [2.24, 2.45) is 0 Å². The summed E-state index contributed by atoms with van der Waals surface area (Å²) in [5.74, 6) is 0. The molecule has 0 aliphatic heterocycles. The van der Waals surface area contributed by atoms with Crippen molar-refractivity contribution in [3.8, 4) is 0 Å². The van der Waals surface area contributed by atoms with Crippen molar-refractivity contribution in [1.29, 1.82) is 0 Å². The van der Waals surface area contributed by atoms with Gasteiger partial charge in [-0.05, 0) is 32.3 Å². The van der Waals surface area contributed by atoms with Crippen molar-refractivity contribution >= 4 is 131 Å². The second-order valence-electron chi connectivity index (χ2n) is 9.70. The van der Waals surface area contributed by atoms with E-state index in [1.807, 2.05) is 0 Å². The van der Waals surface area contributed by atoms with Gasteiger partial charge < -0.3 is 15.0 Å². The average Bonchev–Trinajstić information content (AvgIpc) is 3.73. The van der Waals surface area contributed by atoms with Crippen LogP contribution in [0.1, 0.15) is 0 Å². The van der Waals surface area contributed by atoms with E-state index in [4.69, 9.17) is 0 Å². The Morgan fingerprint density at radius 2 is 0.528 bits per heavy atom. The quantitative estimate of drug-likeness (QED) is 0.169. The first-order chi connectivity index (χ1) is 17.9. The topological polar surface area (TPSA) is 47.4 Å². The smallest absolute Gasteiger partial charge is 0.00911 e. The number of thiophene rings is 3. The van der Waals surface area contributed by atoms with E-state index in [1.54, 1.807) is 34.0 Å². The van der Waals surface area contributed by atoms with Gasteiger partial charge in [0, 0.05) is 134 Å². The molecule has 0 radical (unpaired) electrons. The molecule has 0 spiro atoms. The Bertz CT molecular complexity index is 2050. The molecule has 3 N–H and O–H groups in total. The number of aromatic amines is 3. The predicted octanol–water partition coefficient (Wildman–Crippen LogP) is 10.2. The van der Waals surface area contributed by atoms with E-state index in [9.17, 15) is 0 Å². The first kappa shape index (κ1) is 18.4. The molecule has 0 saturated heterocycles. The van der Waals surface area contributed by atoms with Crippen LogP contribution in [0.3, 0.4) is 0 Å². The highest BCUT2D eigenvalue weighted by Crippen LogP contribution is 2.53. The number of aromatic nitrogens is 3. The Morgan fingerprint density at radius 1 is 0.278 bits per heavy atom. The summed E-state index contributed by atoms with van der Waals surface area (Å²) in [4.78, 5) is 10.4. The maximum atomic E-state index is 3.45. The van der Waals surface area contributed by atoms with Gasteiger partial charge in [0.15, 0.2) is 0 Å². The third-order valence-corrected chi connectivity index (χ3v) is 10.4. The molecule has 36 heavy (non-hydrogen) atoms. The minimum atomic E-state index is 1.30. The Morgan fingerprint density at radius 3 is 0.861 bits per heavy atom. The van der Waals surface area contributed by atoms with Crippen LogP contribution in [-0.2, 0) is 0 Å². The Kier molecular flexibility index (Phi) is 3.12. The molecule has 0 saturated carbocycles. The van der Waals surface area contributed by atoms with Gasteiger partial charge >= 0.3 is 0 Å². The number of hydrogen-bond donors (Lipinski definition) is 3. The second-order valence-corrected chi connectivity index (χ2v) is 11.9. The van der Waals surface area contributed by atoms with Crippen molar-refractivity contribution in [1.82, 2.24) is 15.0 Å². The first-order valence-corrected chi connectivity index (χ1v) is 14.7. The molecule has 6 heteroatoms. The third kappa shape index (κ3) is 1.90. The van der Waals surface area contributed by atoms with Gasteiger partial charge in [0.1, 0.15) is 0 Å². The Hall–Kier alpha value is -3.84. The average molecular weight is 514 g/mol. The summed E-state index contributed by atoms with van der Waals surface area (Å²) in [6.45, 7) is 0. The Labute approximate surface area is 214 Å². The summed E-state index contributed by atoms with van der Waals surface area (Å²) in [5, 5.41) is 38.1. The van der Waals surface area contributed by atoms with Crippen molar-refractivity contribution < 1.29 is 0 Å². The highest BCUT2D eigenvalue weighted by molar-refractivity contribution is 7.10. The fourth-order valence-corrected chi connectivity index (χ4v) is 9.36. The Balaban J connectivity index is 1.78. The normalized spacial score (nSPS) is 13.0. The van der Waals surface area contributed by atoms with Gasteiger partial charge in [-0.2, -0.15) is 34.0 Å². The van der Waals surface area contributed by atoms with Gasteiger partial charge in [0.2, 0.25) is 0 Å². The van der Waals surface area contributed by atoms with E-state index >= 15 is 0 Å². The number of H-pyrrole nitrogens is 3. The number of fused-ring (bicyclic) bond motifs is 21. The maximum absolute atomic E-state index is 3.45. The molecule has 6 heterocycles.